The second-order valence-electron chi connectivity index (χ2n) is 5.19. The molecule has 1 heterocycles. The van der Waals surface area contributed by atoms with Gasteiger partial charge in [-0.1, -0.05) is 42.5 Å². The Morgan fingerprint density at radius 1 is 1.26 bits per heavy atom. The van der Waals surface area contributed by atoms with Gasteiger partial charge in [0.25, 0.3) is 0 Å². The van der Waals surface area contributed by atoms with E-state index in [-0.39, 0.29) is 24.0 Å². The second-order valence-corrected chi connectivity index (χ2v) is 5.19. The summed E-state index contributed by atoms with van der Waals surface area (Å²) in [5, 5.41) is 6.61. The first kappa shape index (κ1) is 17.5. The zero-order chi connectivity index (χ0) is 15.2. The first-order valence-corrected chi connectivity index (χ1v) is 7.47. The van der Waals surface area contributed by atoms with E-state index in [1.54, 1.807) is 13.2 Å². The lowest BCUT2D eigenvalue weighted by Crippen LogP contribution is -2.42. The lowest BCUT2D eigenvalue weighted by atomic mass is 10.2. The average molecular weight is 424 g/mol. The molecule has 1 aromatic carbocycles. The average Bonchev–Trinajstić information content (AvgIpc) is 3.24. The molecule has 0 fully saturated rings. The lowest BCUT2D eigenvalue weighted by molar-refractivity contribution is 0.495. The van der Waals surface area contributed by atoms with E-state index in [0.29, 0.717) is 18.5 Å². The first-order valence-electron chi connectivity index (χ1n) is 7.47. The van der Waals surface area contributed by atoms with E-state index in [9.17, 15) is 0 Å². The van der Waals surface area contributed by atoms with Crippen LogP contribution in [0.4, 0.5) is 0 Å². The van der Waals surface area contributed by atoms with Crippen molar-refractivity contribution in [3.05, 3.63) is 54.6 Å². The van der Waals surface area contributed by atoms with Crippen molar-refractivity contribution in [3.8, 4) is 11.3 Å². The van der Waals surface area contributed by atoms with Crippen LogP contribution < -0.4 is 10.6 Å². The Morgan fingerprint density at radius 3 is 2.70 bits per heavy atom. The largest absolute Gasteiger partial charge is 0.439 e. The number of hydrogen-bond donors (Lipinski definition) is 2. The van der Waals surface area contributed by atoms with Gasteiger partial charge in [-0.2, -0.15) is 0 Å². The molecule has 2 N–H and O–H groups in total. The third-order valence-corrected chi connectivity index (χ3v) is 3.59. The topological polar surface area (TPSA) is 62.5 Å². The first-order chi connectivity index (χ1) is 10.8. The summed E-state index contributed by atoms with van der Waals surface area (Å²) in [5.41, 5.74) is 1.03. The number of hydrogen-bond acceptors (Lipinski definition) is 3. The maximum atomic E-state index is 5.77. The number of oxazole rings is 1. The van der Waals surface area contributed by atoms with Crippen LogP contribution in [-0.4, -0.2) is 24.0 Å². The number of aromatic nitrogens is 1. The van der Waals surface area contributed by atoms with Crippen LogP contribution in [0.2, 0.25) is 0 Å². The molecule has 0 unspecified atom stereocenters. The summed E-state index contributed by atoms with van der Waals surface area (Å²) < 4.78 is 5.77. The van der Waals surface area contributed by atoms with Crippen LogP contribution >= 0.6 is 24.0 Å². The molecule has 0 bridgehead atoms. The quantitative estimate of drug-likeness (QED) is 0.342. The maximum Gasteiger partial charge on any atom is 0.214 e. The molecule has 122 valence electrons. The van der Waals surface area contributed by atoms with E-state index in [1.807, 2.05) is 30.3 Å². The summed E-state index contributed by atoms with van der Waals surface area (Å²) in [7, 11) is 1.77. The van der Waals surface area contributed by atoms with Crippen molar-refractivity contribution in [2.24, 2.45) is 4.99 Å². The van der Waals surface area contributed by atoms with Crippen LogP contribution in [0.3, 0.4) is 0 Å². The smallest absolute Gasteiger partial charge is 0.214 e. The number of benzene rings is 1. The Labute approximate surface area is 153 Å². The highest BCUT2D eigenvalue weighted by molar-refractivity contribution is 14.0. The number of rotatable bonds is 4. The van der Waals surface area contributed by atoms with Gasteiger partial charge in [0.1, 0.15) is 0 Å². The third kappa shape index (κ3) is 4.82. The van der Waals surface area contributed by atoms with Gasteiger partial charge in [-0.25, -0.2) is 4.98 Å². The van der Waals surface area contributed by atoms with E-state index in [4.69, 9.17) is 4.42 Å². The fraction of sp³-hybridized carbons (Fsp3) is 0.294. The second kappa shape index (κ2) is 8.71. The molecule has 2 aromatic rings. The van der Waals surface area contributed by atoms with Gasteiger partial charge in [0.05, 0.1) is 12.7 Å². The molecule has 0 aliphatic heterocycles. The molecule has 0 radical (unpaired) electrons. The molecule has 5 nitrogen and oxygen atoms in total. The van der Waals surface area contributed by atoms with Gasteiger partial charge in [-0.3, -0.25) is 4.99 Å². The predicted molar refractivity (Wildman–Crippen MR) is 103 cm³/mol. The molecule has 6 heteroatoms. The normalized spacial score (nSPS) is 14.6. The van der Waals surface area contributed by atoms with Gasteiger partial charge in [0, 0.05) is 18.7 Å². The summed E-state index contributed by atoms with van der Waals surface area (Å²) in [6.07, 6.45) is 8.20. The number of nitrogens with zero attached hydrogens (tertiary/aromatic N) is 2. The van der Waals surface area contributed by atoms with Crippen LogP contribution in [0.1, 0.15) is 18.7 Å². The van der Waals surface area contributed by atoms with Crippen molar-refractivity contribution in [3.63, 3.8) is 0 Å². The van der Waals surface area contributed by atoms with Gasteiger partial charge >= 0.3 is 0 Å². The molecular formula is C17H21IN4O. The van der Waals surface area contributed by atoms with Crippen molar-refractivity contribution in [1.82, 2.24) is 15.6 Å². The Hall–Kier alpha value is -1.83. The summed E-state index contributed by atoms with van der Waals surface area (Å²) in [6, 6.07) is 10.4. The van der Waals surface area contributed by atoms with Crippen LogP contribution in [0.15, 0.2) is 58.1 Å². The molecular weight excluding hydrogens is 403 g/mol. The third-order valence-electron chi connectivity index (χ3n) is 3.59. The van der Waals surface area contributed by atoms with Gasteiger partial charge in [-0.15, -0.1) is 24.0 Å². The highest BCUT2D eigenvalue weighted by atomic mass is 127. The summed E-state index contributed by atoms with van der Waals surface area (Å²) in [4.78, 5) is 8.54. The lowest BCUT2D eigenvalue weighted by Gasteiger charge is -2.15. The fourth-order valence-electron chi connectivity index (χ4n) is 2.41. The minimum absolute atomic E-state index is 0. The highest BCUT2D eigenvalue weighted by Gasteiger charge is 2.12. The molecule has 1 aromatic heterocycles. The van der Waals surface area contributed by atoms with Crippen LogP contribution in [-0.2, 0) is 6.54 Å². The summed E-state index contributed by atoms with van der Waals surface area (Å²) in [6.45, 7) is 0.507. The molecule has 1 aliphatic carbocycles. The van der Waals surface area contributed by atoms with Crippen molar-refractivity contribution in [1.29, 1.82) is 0 Å². The van der Waals surface area contributed by atoms with E-state index < -0.39 is 0 Å². The monoisotopic (exact) mass is 424 g/mol. The van der Waals surface area contributed by atoms with E-state index in [0.717, 1.165) is 30.1 Å². The standard InChI is InChI=1S/C17H20N4O.HI/c1-18-17(21-14-9-5-6-10-14)20-12-16-19-11-15(22-16)13-7-3-2-4-8-13;/h2-8,11,14H,9-10,12H2,1H3,(H2,18,20,21);1H. The van der Waals surface area contributed by atoms with Gasteiger partial charge in [0.15, 0.2) is 11.7 Å². The number of halogens is 1. The van der Waals surface area contributed by atoms with E-state index >= 15 is 0 Å². The summed E-state index contributed by atoms with van der Waals surface area (Å²) in [5.74, 6) is 2.19. The van der Waals surface area contributed by atoms with E-state index in [2.05, 4.69) is 32.8 Å². The number of aliphatic imine (C=N–C) groups is 1. The Kier molecular flexibility index (Phi) is 6.64. The van der Waals surface area contributed by atoms with Crippen molar-refractivity contribution in [2.75, 3.05) is 7.05 Å². The molecule has 0 atom stereocenters. The zero-order valence-electron chi connectivity index (χ0n) is 13.0. The number of nitrogens with one attached hydrogen (secondary N) is 2. The Bertz CT molecular complexity index is 658. The molecule has 0 spiro atoms. The molecule has 1 aliphatic rings. The predicted octanol–water partition coefficient (Wildman–Crippen LogP) is 3.34. The van der Waals surface area contributed by atoms with Crippen molar-refractivity contribution in [2.45, 2.75) is 25.4 Å². The van der Waals surface area contributed by atoms with Crippen LogP contribution in [0.5, 0.6) is 0 Å². The SMILES string of the molecule is CN=C(NCc1ncc(-c2ccccc2)o1)NC1CC=CC1.I. The fourth-order valence-corrected chi connectivity index (χ4v) is 2.41. The molecule has 3 rings (SSSR count). The molecule has 0 saturated heterocycles. The molecule has 23 heavy (non-hydrogen) atoms. The van der Waals surface area contributed by atoms with Gasteiger partial charge < -0.3 is 15.1 Å². The number of guanidine groups is 1. The Balaban J connectivity index is 0.00000192. The van der Waals surface area contributed by atoms with Crippen LogP contribution in [0.25, 0.3) is 11.3 Å². The molecule has 0 saturated carbocycles. The van der Waals surface area contributed by atoms with E-state index in [1.165, 1.54) is 0 Å². The zero-order valence-corrected chi connectivity index (χ0v) is 15.4. The molecule has 0 amide bonds. The highest BCUT2D eigenvalue weighted by Crippen LogP contribution is 2.19. The minimum atomic E-state index is 0. The van der Waals surface area contributed by atoms with Gasteiger partial charge in [0.2, 0.25) is 5.89 Å². The van der Waals surface area contributed by atoms with Gasteiger partial charge in [-0.05, 0) is 12.8 Å². The van der Waals surface area contributed by atoms with Crippen LogP contribution in [0, 0.1) is 0 Å². The van der Waals surface area contributed by atoms with Crippen molar-refractivity contribution < 1.29 is 4.42 Å². The summed E-state index contributed by atoms with van der Waals surface area (Å²) >= 11 is 0. The van der Waals surface area contributed by atoms with Crippen molar-refractivity contribution >= 4 is 29.9 Å². The minimum Gasteiger partial charge on any atom is -0.439 e. The maximum absolute atomic E-state index is 5.77. The Morgan fingerprint density at radius 2 is 2.00 bits per heavy atom.